The van der Waals surface area contributed by atoms with Crippen molar-refractivity contribution >= 4 is 28.9 Å². The van der Waals surface area contributed by atoms with Gasteiger partial charge in [-0.3, -0.25) is 15.2 Å². The van der Waals surface area contributed by atoms with Gasteiger partial charge < -0.3 is 5.32 Å². The van der Waals surface area contributed by atoms with Crippen molar-refractivity contribution in [3.63, 3.8) is 0 Å². The van der Waals surface area contributed by atoms with Gasteiger partial charge in [0.05, 0.1) is 23.2 Å². The predicted molar refractivity (Wildman–Crippen MR) is 100 cm³/mol. The SMILES string of the molecule is C=C(/C=C\C(=C/C)N(O)O)n1ncc(C(=O)Nc2cccc(Cl)c2)c1C(F)(F)F. The van der Waals surface area contributed by atoms with E-state index >= 15 is 0 Å². The molecule has 2 rings (SSSR count). The fraction of sp³-hybridized carbons (Fsp3) is 0.111. The van der Waals surface area contributed by atoms with E-state index in [-0.39, 0.29) is 22.3 Å². The summed E-state index contributed by atoms with van der Waals surface area (Å²) >= 11 is 5.81. The minimum absolute atomic E-state index is 0.120. The number of rotatable bonds is 6. The van der Waals surface area contributed by atoms with Crippen LogP contribution in [0.3, 0.4) is 0 Å². The topological polar surface area (TPSA) is 90.6 Å². The van der Waals surface area contributed by atoms with E-state index in [1.54, 1.807) is 6.07 Å². The summed E-state index contributed by atoms with van der Waals surface area (Å²) in [6.45, 7) is 4.97. The second kappa shape index (κ2) is 8.95. The van der Waals surface area contributed by atoms with E-state index < -0.39 is 23.3 Å². The maximum Gasteiger partial charge on any atom is 0.434 e. The number of allylic oxidation sites excluding steroid dienone is 4. The standard InChI is InChI=1S/C18H16ClF3N4O3/c1-3-14(26(28)29)8-7-11(2)25-16(18(20,21)22)15(10-23-25)17(27)24-13-6-4-5-12(19)9-13/h3-10,28-29H,2H2,1H3,(H,24,27)/b8-7-,14-3+. The van der Waals surface area contributed by atoms with Gasteiger partial charge in [0.25, 0.3) is 5.91 Å². The predicted octanol–water partition coefficient (Wildman–Crippen LogP) is 4.82. The van der Waals surface area contributed by atoms with Gasteiger partial charge in [0.1, 0.15) is 0 Å². The Morgan fingerprint density at radius 1 is 1.34 bits per heavy atom. The van der Waals surface area contributed by atoms with Crippen LogP contribution in [0.25, 0.3) is 5.70 Å². The molecule has 0 aliphatic rings. The van der Waals surface area contributed by atoms with E-state index in [9.17, 15) is 18.0 Å². The molecule has 0 spiro atoms. The van der Waals surface area contributed by atoms with Crippen LogP contribution >= 0.6 is 11.6 Å². The van der Waals surface area contributed by atoms with Crippen molar-refractivity contribution in [2.75, 3.05) is 5.32 Å². The van der Waals surface area contributed by atoms with E-state index in [1.165, 1.54) is 31.2 Å². The van der Waals surface area contributed by atoms with Crippen molar-refractivity contribution in [2.45, 2.75) is 13.1 Å². The molecule has 1 heterocycles. The molecule has 3 N–H and O–H groups in total. The van der Waals surface area contributed by atoms with Crippen molar-refractivity contribution in [1.82, 2.24) is 15.0 Å². The largest absolute Gasteiger partial charge is 0.434 e. The number of nitrogens with zero attached hydrogens (tertiary/aromatic N) is 3. The first kappa shape index (κ1) is 22.2. The van der Waals surface area contributed by atoms with Crippen molar-refractivity contribution in [3.05, 3.63) is 77.2 Å². The molecule has 11 heteroatoms. The molecule has 29 heavy (non-hydrogen) atoms. The van der Waals surface area contributed by atoms with Gasteiger partial charge in [0.2, 0.25) is 0 Å². The van der Waals surface area contributed by atoms with Crippen molar-refractivity contribution < 1.29 is 28.4 Å². The van der Waals surface area contributed by atoms with Crippen molar-refractivity contribution in [1.29, 1.82) is 0 Å². The van der Waals surface area contributed by atoms with E-state index in [1.807, 2.05) is 0 Å². The smallest absolute Gasteiger partial charge is 0.322 e. The number of hydrogen-bond acceptors (Lipinski definition) is 5. The first-order valence-electron chi connectivity index (χ1n) is 7.98. The zero-order valence-electron chi connectivity index (χ0n) is 15.0. The molecule has 1 amide bonds. The zero-order chi connectivity index (χ0) is 21.8. The molecule has 1 aromatic heterocycles. The summed E-state index contributed by atoms with van der Waals surface area (Å²) in [5, 5.41) is 24.0. The van der Waals surface area contributed by atoms with Gasteiger partial charge in [-0.2, -0.15) is 18.3 Å². The summed E-state index contributed by atoms with van der Waals surface area (Å²) in [5.41, 5.74) is -2.22. The fourth-order valence-electron chi connectivity index (χ4n) is 2.30. The third-order valence-electron chi connectivity index (χ3n) is 3.61. The zero-order valence-corrected chi connectivity index (χ0v) is 15.7. The van der Waals surface area contributed by atoms with Crippen LogP contribution in [0.5, 0.6) is 0 Å². The van der Waals surface area contributed by atoms with E-state index in [4.69, 9.17) is 22.0 Å². The molecular formula is C18H16ClF3N4O3. The van der Waals surface area contributed by atoms with Gasteiger partial charge >= 0.3 is 6.18 Å². The Bertz CT molecular complexity index is 981. The van der Waals surface area contributed by atoms with E-state index in [0.29, 0.717) is 9.70 Å². The van der Waals surface area contributed by atoms with Gasteiger partial charge in [-0.05, 0) is 37.3 Å². The minimum Gasteiger partial charge on any atom is -0.322 e. The summed E-state index contributed by atoms with van der Waals surface area (Å²) in [7, 11) is 0. The molecule has 0 aliphatic heterocycles. The van der Waals surface area contributed by atoms with Crippen LogP contribution in [-0.4, -0.2) is 31.3 Å². The first-order valence-corrected chi connectivity index (χ1v) is 8.36. The lowest BCUT2D eigenvalue weighted by atomic mass is 10.2. The number of anilines is 1. The van der Waals surface area contributed by atoms with Crippen LogP contribution in [0.2, 0.25) is 5.02 Å². The summed E-state index contributed by atoms with van der Waals surface area (Å²) in [4.78, 5) is 12.4. The number of carbonyl (C=O) groups excluding carboxylic acids is 1. The first-order chi connectivity index (χ1) is 13.5. The highest BCUT2D eigenvalue weighted by Gasteiger charge is 2.40. The molecule has 1 aromatic carbocycles. The fourth-order valence-corrected chi connectivity index (χ4v) is 2.49. The highest BCUT2D eigenvalue weighted by atomic mass is 35.5. The summed E-state index contributed by atoms with van der Waals surface area (Å²) < 4.78 is 41.3. The number of halogens is 4. The lowest BCUT2D eigenvalue weighted by molar-refractivity contribution is -0.275. The van der Waals surface area contributed by atoms with Gasteiger partial charge in [-0.25, -0.2) is 4.68 Å². The number of amides is 1. The normalized spacial score (nSPS) is 12.3. The van der Waals surface area contributed by atoms with Crippen LogP contribution in [0.1, 0.15) is 23.0 Å². The van der Waals surface area contributed by atoms with Gasteiger partial charge in [-0.1, -0.05) is 30.3 Å². The molecule has 0 saturated carbocycles. The molecule has 0 bridgehead atoms. The van der Waals surface area contributed by atoms with Gasteiger partial charge in [0.15, 0.2) is 5.69 Å². The lowest BCUT2D eigenvalue weighted by Gasteiger charge is -2.13. The molecule has 154 valence electrons. The number of aromatic nitrogens is 2. The highest BCUT2D eigenvalue weighted by Crippen LogP contribution is 2.34. The molecule has 0 atom stereocenters. The second-order valence-electron chi connectivity index (χ2n) is 5.61. The molecular weight excluding hydrogens is 413 g/mol. The Morgan fingerprint density at radius 2 is 2.03 bits per heavy atom. The molecule has 0 aliphatic carbocycles. The quantitative estimate of drug-likeness (QED) is 0.453. The van der Waals surface area contributed by atoms with Crippen LogP contribution in [-0.2, 0) is 6.18 Å². The maximum atomic E-state index is 13.6. The molecule has 7 nitrogen and oxygen atoms in total. The summed E-state index contributed by atoms with van der Waals surface area (Å²) in [5.74, 6) is -1.03. The Morgan fingerprint density at radius 3 is 2.59 bits per heavy atom. The van der Waals surface area contributed by atoms with Gasteiger partial charge in [-0.15, -0.1) is 5.23 Å². The monoisotopic (exact) mass is 428 g/mol. The number of benzene rings is 1. The number of hydrogen-bond donors (Lipinski definition) is 3. The average Bonchev–Trinajstić information content (AvgIpc) is 3.07. The second-order valence-corrected chi connectivity index (χ2v) is 6.04. The third-order valence-corrected chi connectivity index (χ3v) is 3.85. The molecule has 0 radical (unpaired) electrons. The Hall–Kier alpha value is -3.08. The van der Waals surface area contributed by atoms with Crippen LogP contribution in [0.15, 0.2) is 61.0 Å². The number of hydroxylamine groups is 2. The van der Waals surface area contributed by atoms with E-state index in [0.717, 1.165) is 18.3 Å². The van der Waals surface area contributed by atoms with Crippen molar-refractivity contribution in [3.8, 4) is 0 Å². The van der Waals surface area contributed by atoms with E-state index in [2.05, 4.69) is 17.0 Å². The maximum absolute atomic E-state index is 13.6. The molecule has 0 unspecified atom stereocenters. The highest BCUT2D eigenvalue weighted by molar-refractivity contribution is 6.31. The lowest BCUT2D eigenvalue weighted by Crippen LogP contribution is -2.20. The Kier molecular flexibility index (Phi) is 6.85. The minimum atomic E-state index is -4.92. The molecule has 2 aromatic rings. The number of carbonyl (C=O) groups is 1. The number of nitrogens with one attached hydrogen (secondary N) is 1. The molecule has 0 saturated heterocycles. The third kappa shape index (κ3) is 5.47. The van der Waals surface area contributed by atoms with Crippen LogP contribution < -0.4 is 5.32 Å². The Labute approximate surface area is 168 Å². The van der Waals surface area contributed by atoms with Gasteiger partial charge in [0, 0.05) is 10.7 Å². The summed E-state index contributed by atoms with van der Waals surface area (Å²) in [6, 6.07) is 5.93. The van der Waals surface area contributed by atoms with Crippen molar-refractivity contribution in [2.24, 2.45) is 0 Å². The average molecular weight is 429 g/mol. The van der Waals surface area contributed by atoms with Crippen LogP contribution in [0, 0.1) is 0 Å². The summed E-state index contributed by atoms with van der Waals surface area (Å²) in [6.07, 6.45) is -0.673. The Balaban J connectivity index is 2.39. The van der Waals surface area contributed by atoms with Crippen LogP contribution in [0.4, 0.5) is 18.9 Å². The molecule has 0 fully saturated rings. The number of alkyl halides is 3.